The van der Waals surface area contributed by atoms with E-state index in [-0.39, 0.29) is 16.9 Å². The van der Waals surface area contributed by atoms with Crippen LogP contribution in [0.3, 0.4) is 0 Å². The van der Waals surface area contributed by atoms with E-state index in [9.17, 15) is 14.7 Å². The lowest BCUT2D eigenvalue weighted by molar-refractivity contribution is 0.0952. The first-order chi connectivity index (χ1) is 12.5. The van der Waals surface area contributed by atoms with Crippen molar-refractivity contribution in [1.82, 2.24) is 15.2 Å². The number of carbonyl (C=O) groups excluding carboxylic acids is 1. The Kier molecular flexibility index (Phi) is 4.90. The summed E-state index contributed by atoms with van der Waals surface area (Å²) in [5.74, 6) is -0.732. The number of para-hydroxylation sites is 1. The number of rotatable bonds is 4. The Labute approximate surface area is 153 Å². The molecule has 2 aromatic carbocycles. The number of aromatic hydroxyl groups is 1. The molecule has 1 heterocycles. The molecule has 0 spiro atoms. The predicted octanol–water partition coefficient (Wildman–Crippen LogP) is 2.60. The second kappa shape index (κ2) is 7.28. The summed E-state index contributed by atoms with van der Waals surface area (Å²) in [5, 5.41) is 16.9. The van der Waals surface area contributed by atoms with Crippen LogP contribution >= 0.6 is 11.6 Å². The Hall–Kier alpha value is -3.32. The van der Waals surface area contributed by atoms with E-state index in [0.717, 1.165) is 0 Å². The van der Waals surface area contributed by atoms with Crippen molar-refractivity contribution in [2.75, 3.05) is 0 Å². The monoisotopic (exact) mass is 370 g/mol. The van der Waals surface area contributed by atoms with E-state index in [2.05, 4.69) is 15.6 Å². The second-order valence-corrected chi connectivity index (χ2v) is 5.92. The third-order valence-electron chi connectivity index (χ3n) is 3.69. The number of phenols is 1. The van der Waals surface area contributed by atoms with Crippen LogP contribution in [0.5, 0.6) is 5.75 Å². The number of benzene rings is 2. The lowest BCUT2D eigenvalue weighted by atomic mass is 10.2. The maximum Gasteiger partial charge on any atom is 0.280 e. The maximum absolute atomic E-state index is 12.5. The average molecular weight is 371 g/mol. The molecular weight excluding hydrogens is 356 g/mol. The molecule has 0 aliphatic heterocycles. The van der Waals surface area contributed by atoms with Gasteiger partial charge in [0, 0.05) is 10.7 Å². The first-order valence-electron chi connectivity index (χ1n) is 7.66. The molecule has 0 radical (unpaired) electrons. The Bertz CT molecular complexity index is 1050. The minimum absolute atomic E-state index is 0.0896. The van der Waals surface area contributed by atoms with E-state index in [1.54, 1.807) is 43.3 Å². The van der Waals surface area contributed by atoms with Crippen molar-refractivity contribution in [2.24, 2.45) is 5.10 Å². The summed E-state index contributed by atoms with van der Waals surface area (Å²) in [6.07, 6.45) is 1.26. The number of hydrogen-bond acceptors (Lipinski definition) is 4. The number of hydrazone groups is 1. The predicted molar refractivity (Wildman–Crippen MR) is 99.3 cm³/mol. The van der Waals surface area contributed by atoms with Crippen LogP contribution in [0.4, 0.5) is 0 Å². The molecule has 3 aromatic rings. The summed E-state index contributed by atoms with van der Waals surface area (Å²) < 4.78 is 1.34. The maximum atomic E-state index is 12.5. The summed E-state index contributed by atoms with van der Waals surface area (Å²) in [6.45, 7) is 1.72. The largest absolute Gasteiger partial charge is 0.507 e. The van der Waals surface area contributed by atoms with Crippen molar-refractivity contribution >= 4 is 23.7 Å². The van der Waals surface area contributed by atoms with Crippen molar-refractivity contribution in [2.45, 2.75) is 6.92 Å². The number of hydrogen-bond donors (Lipinski definition) is 3. The van der Waals surface area contributed by atoms with Gasteiger partial charge in [-0.3, -0.25) is 14.7 Å². The van der Waals surface area contributed by atoms with Crippen LogP contribution in [-0.4, -0.2) is 27.0 Å². The SMILES string of the molecule is Cc1[nH]n(-c2cccc(Cl)c2)c(=O)c1/C=N\NC(=O)c1ccccc1O. The first-order valence-corrected chi connectivity index (χ1v) is 8.04. The highest BCUT2D eigenvalue weighted by molar-refractivity contribution is 6.30. The summed E-state index contributed by atoms with van der Waals surface area (Å²) in [6, 6.07) is 12.9. The third-order valence-corrected chi connectivity index (χ3v) is 3.93. The van der Waals surface area contributed by atoms with Gasteiger partial charge in [-0.2, -0.15) is 5.10 Å². The van der Waals surface area contributed by atoms with Crippen LogP contribution < -0.4 is 11.0 Å². The average Bonchev–Trinajstić information content (AvgIpc) is 2.90. The number of H-pyrrole nitrogens is 1. The number of nitrogens with zero attached hydrogens (tertiary/aromatic N) is 2. The van der Waals surface area contributed by atoms with E-state index < -0.39 is 5.91 Å². The van der Waals surface area contributed by atoms with Crippen LogP contribution in [0.25, 0.3) is 5.69 Å². The van der Waals surface area contributed by atoms with Crippen molar-refractivity contribution in [3.8, 4) is 11.4 Å². The van der Waals surface area contributed by atoms with Gasteiger partial charge >= 0.3 is 0 Å². The molecule has 7 nitrogen and oxygen atoms in total. The van der Waals surface area contributed by atoms with Crippen LogP contribution in [0, 0.1) is 6.92 Å². The molecular formula is C18H15ClN4O3. The highest BCUT2D eigenvalue weighted by atomic mass is 35.5. The molecule has 0 fully saturated rings. The Morgan fingerprint density at radius 1 is 1.27 bits per heavy atom. The molecule has 1 aromatic heterocycles. The summed E-state index contributed by atoms with van der Waals surface area (Å²) in [4.78, 5) is 24.5. The first kappa shape index (κ1) is 17.5. The number of nitrogens with one attached hydrogen (secondary N) is 2. The molecule has 0 aliphatic carbocycles. The fourth-order valence-electron chi connectivity index (χ4n) is 2.39. The highest BCUT2D eigenvalue weighted by Crippen LogP contribution is 2.15. The molecule has 1 amide bonds. The number of aromatic amines is 1. The van der Waals surface area contributed by atoms with Crippen LogP contribution in [0.15, 0.2) is 58.4 Å². The Morgan fingerprint density at radius 3 is 2.77 bits per heavy atom. The molecule has 0 saturated carbocycles. The highest BCUT2D eigenvalue weighted by Gasteiger charge is 2.12. The topological polar surface area (TPSA) is 99.5 Å². The van der Waals surface area contributed by atoms with Crippen molar-refractivity contribution < 1.29 is 9.90 Å². The molecule has 8 heteroatoms. The number of aryl methyl sites for hydroxylation is 1. The van der Waals surface area contributed by atoms with Gasteiger partial charge in [-0.05, 0) is 37.3 Å². The Balaban J connectivity index is 1.83. The summed E-state index contributed by atoms with van der Waals surface area (Å²) in [5.41, 5.74) is 3.51. The van der Waals surface area contributed by atoms with E-state index in [1.807, 2.05) is 0 Å². The zero-order valence-corrected chi connectivity index (χ0v) is 14.5. The van der Waals surface area contributed by atoms with Gasteiger partial charge in [-0.1, -0.05) is 29.8 Å². The molecule has 3 rings (SSSR count). The molecule has 26 heavy (non-hydrogen) atoms. The number of amides is 1. The summed E-state index contributed by atoms with van der Waals surface area (Å²) >= 11 is 5.96. The molecule has 0 aliphatic rings. The standard InChI is InChI=1S/C18H15ClN4O3/c1-11-15(10-20-21-17(25)14-7-2-3-8-16(14)24)18(26)23(22-11)13-6-4-5-12(19)9-13/h2-10,22,24H,1H3,(H,21,25)/b20-10-. The zero-order chi connectivity index (χ0) is 18.7. The van der Waals surface area contributed by atoms with Gasteiger partial charge in [-0.25, -0.2) is 10.1 Å². The van der Waals surface area contributed by atoms with Gasteiger partial charge in [0.2, 0.25) is 0 Å². The van der Waals surface area contributed by atoms with E-state index in [4.69, 9.17) is 11.6 Å². The van der Waals surface area contributed by atoms with E-state index in [1.165, 1.54) is 23.0 Å². The van der Waals surface area contributed by atoms with Gasteiger partial charge in [0.05, 0.1) is 23.0 Å². The van der Waals surface area contributed by atoms with Crippen LogP contribution in [0.1, 0.15) is 21.6 Å². The molecule has 132 valence electrons. The van der Waals surface area contributed by atoms with E-state index >= 15 is 0 Å². The molecule has 0 atom stereocenters. The van der Waals surface area contributed by atoms with Gasteiger partial charge in [0.25, 0.3) is 11.5 Å². The number of halogens is 1. The van der Waals surface area contributed by atoms with E-state index in [0.29, 0.717) is 22.0 Å². The smallest absolute Gasteiger partial charge is 0.280 e. The third kappa shape index (κ3) is 3.52. The number of carbonyl (C=O) groups is 1. The molecule has 3 N–H and O–H groups in total. The fourth-order valence-corrected chi connectivity index (χ4v) is 2.57. The van der Waals surface area contributed by atoms with Crippen molar-refractivity contribution in [1.29, 1.82) is 0 Å². The molecule has 0 saturated heterocycles. The van der Waals surface area contributed by atoms with Gasteiger partial charge in [0.15, 0.2) is 0 Å². The summed E-state index contributed by atoms with van der Waals surface area (Å²) in [7, 11) is 0. The number of phenolic OH excluding ortho intramolecular Hbond substituents is 1. The lowest BCUT2D eigenvalue weighted by Crippen LogP contribution is -2.20. The fraction of sp³-hybridized carbons (Fsp3) is 0.0556. The molecule has 0 unspecified atom stereocenters. The van der Waals surface area contributed by atoms with Gasteiger partial charge in [0.1, 0.15) is 5.75 Å². The van der Waals surface area contributed by atoms with Crippen molar-refractivity contribution in [3.05, 3.63) is 80.7 Å². The quantitative estimate of drug-likeness (QED) is 0.486. The van der Waals surface area contributed by atoms with Crippen LogP contribution in [0.2, 0.25) is 5.02 Å². The minimum Gasteiger partial charge on any atom is -0.507 e. The normalized spacial score (nSPS) is 11.0. The van der Waals surface area contributed by atoms with Gasteiger partial charge < -0.3 is 5.11 Å². The lowest BCUT2D eigenvalue weighted by Gasteiger charge is -2.01. The number of aromatic nitrogens is 2. The second-order valence-electron chi connectivity index (χ2n) is 5.49. The Morgan fingerprint density at radius 2 is 2.04 bits per heavy atom. The molecule has 0 bridgehead atoms. The van der Waals surface area contributed by atoms with Crippen molar-refractivity contribution in [3.63, 3.8) is 0 Å². The minimum atomic E-state index is -0.581. The zero-order valence-electron chi connectivity index (χ0n) is 13.7. The van der Waals surface area contributed by atoms with Crippen LogP contribution in [-0.2, 0) is 0 Å². The van der Waals surface area contributed by atoms with Gasteiger partial charge in [-0.15, -0.1) is 0 Å².